The number of aryl methyl sites for hydroxylation is 2. The quantitative estimate of drug-likeness (QED) is 0.259. The third-order valence-electron chi connectivity index (χ3n) is 5.69. The number of alkyl carbamates (subject to hydrolysis) is 1. The number of hydrogen-bond donors (Lipinski definition) is 3. The molecule has 0 saturated heterocycles. The minimum absolute atomic E-state index is 0.155. The van der Waals surface area contributed by atoms with Crippen molar-refractivity contribution < 1.29 is 33.4 Å². The predicted octanol–water partition coefficient (Wildman–Crippen LogP) is 2.42. The number of nitrogens with two attached hydrogens (primary N) is 1. The first-order chi connectivity index (χ1) is 17.7. The molecule has 0 bridgehead atoms. The maximum Gasteiger partial charge on any atom is 0.408 e. The van der Waals surface area contributed by atoms with Crippen LogP contribution >= 0.6 is 0 Å². The topological polar surface area (TPSA) is 157 Å². The molecule has 0 spiro atoms. The van der Waals surface area contributed by atoms with Crippen molar-refractivity contribution >= 4 is 29.8 Å². The van der Waals surface area contributed by atoms with Crippen molar-refractivity contribution in [2.24, 2.45) is 5.73 Å². The van der Waals surface area contributed by atoms with Gasteiger partial charge in [-0.1, -0.05) is 38.0 Å². The molecule has 0 aliphatic carbocycles. The van der Waals surface area contributed by atoms with Crippen LogP contribution in [0.5, 0.6) is 0 Å². The van der Waals surface area contributed by atoms with E-state index in [4.69, 9.17) is 10.5 Å². The number of carbonyl (C=O) groups is 5. The summed E-state index contributed by atoms with van der Waals surface area (Å²) in [5, 5.41) is 5.00. The molecule has 0 heterocycles. The van der Waals surface area contributed by atoms with Crippen molar-refractivity contribution in [3.05, 3.63) is 34.9 Å². The second kappa shape index (κ2) is 14.9. The Bertz CT molecular complexity index is 983. The lowest BCUT2D eigenvalue weighted by atomic mass is 9.93. The number of nitrogens with zero attached hydrogens (tertiary/aromatic N) is 1. The molecule has 0 aliphatic heterocycles. The van der Waals surface area contributed by atoms with E-state index in [1.807, 2.05) is 39.0 Å². The summed E-state index contributed by atoms with van der Waals surface area (Å²) in [6, 6.07) is 2.95. The molecule has 1 rings (SSSR count). The number of primary amides is 1. The highest BCUT2D eigenvalue weighted by Gasteiger charge is 2.38. The Labute approximate surface area is 224 Å². The smallest absolute Gasteiger partial charge is 0.408 e. The Hall–Kier alpha value is -3.63. The Balaban J connectivity index is 3.60. The van der Waals surface area contributed by atoms with Crippen LogP contribution in [0.15, 0.2) is 18.2 Å². The maximum absolute atomic E-state index is 14.0. The van der Waals surface area contributed by atoms with Gasteiger partial charge >= 0.3 is 12.1 Å². The van der Waals surface area contributed by atoms with Gasteiger partial charge in [-0.25, -0.2) is 4.79 Å². The van der Waals surface area contributed by atoms with E-state index in [1.165, 1.54) is 12.0 Å². The van der Waals surface area contributed by atoms with Gasteiger partial charge in [0.2, 0.25) is 17.7 Å². The van der Waals surface area contributed by atoms with Crippen LogP contribution in [0, 0.1) is 13.8 Å². The molecule has 2 unspecified atom stereocenters. The first-order valence-corrected chi connectivity index (χ1v) is 12.7. The lowest BCUT2D eigenvalue weighted by Crippen LogP contribution is -2.54. The molecule has 1 aromatic rings. The van der Waals surface area contributed by atoms with Gasteiger partial charge in [0, 0.05) is 6.54 Å². The van der Waals surface area contributed by atoms with Gasteiger partial charge in [0.15, 0.2) is 0 Å². The lowest BCUT2D eigenvalue weighted by Gasteiger charge is -2.35. The summed E-state index contributed by atoms with van der Waals surface area (Å²) in [7, 11) is 1.20. The van der Waals surface area contributed by atoms with Gasteiger partial charge in [-0.2, -0.15) is 0 Å². The van der Waals surface area contributed by atoms with Gasteiger partial charge in [0.1, 0.15) is 24.2 Å². The van der Waals surface area contributed by atoms with Gasteiger partial charge in [0.05, 0.1) is 13.5 Å². The molecule has 0 aliphatic rings. The fourth-order valence-corrected chi connectivity index (χ4v) is 3.97. The van der Waals surface area contributed by atoms with Crippen LogP contribution in [0.3, 0.4) is 0 Å². The van der Waals surface area contributed by atoms with E-state index in [1.54, 1.807) is 20.8 Å². The largest absolute Gasteiger partial charge is 0.468 e. The normalized spacial score (nSPS) is 12.6. The Morgan fingerprint density at radius 3 is 2.16 bits per heavy atom. The molecule has 1 aromatic carbocycles. The first kappa shape index (κ1) is 32.4. The summed E-state index contributed by atoms with van der Waals surface area (Å²) >= 11 is 0. The lowest BCUT2D eigenvalue weighted by molar-refractivity contribution is -0.145. The molecule has 0 fully saturated rings. The van der Waals surface area contributed by atoms with Crippen molar-refractivity contribution in [1.82, 2.24) is 15.5 Å². The highest BCUT2D eigenvalue weighted by Crippen LogP contribution is 2.29. The number of benzene rings is 1. The number of rotatable bonds is 13. The van der Waals surface area contributed by atoms with Crippen LogP contribution in [0.25, 0.3) is 0 Å². The number of nitrogens with one attached hydrogen (secondary N) is 2. The zero-order valence-corrected chi connectivity index (χ0v) is 23.5. The predicted molar refractivity (Wildman–Crippen MR) is 142 cm³/mol. The average Bonchev–Trinajstić information content (AvgIpc) is 2.80. The molecule has 11 heteroatoms. The number of unbranched alkanes of at least 4 members (excludes halogenated alkanes) is 2. The Kier molecular flexibility index (Phi) is 12.7. The second-order valence-corrected chi connectivity index (χ2v) is 10.1. The molecule has 4 N–H and O–H groups in total. The Morgan fingerprint density at radius 2 is 1.66 bits per heavy atom. The van der Waals surface area contributed by atoms with E-state index < -0.39 is 60.4 Å². The van der Waals surface area contributed by atoms with Gasteiger partial charge in [0.25, 0.3) is 0 Å². The Morgan fingerprint density at radius 1 is 1.05 bits per heavy atom. The SMILES string of the molecule is CCCCCN(C(=O)C(CC(N)=O)NC(=O)OC(C)(C)C)C(C(=O)NCC(=O)OC)c1c(C)cccc1C. The number of amides is 4. The third-order valence-corrected chi connectivity index (χ3v) is 5.69. The summed E-state index contributed by atoms with van der Waals surface area (Å²) in [5.74, 6) is -2.74. The van der Waals surface area contributed by atoms with Crippen LogP contribution < -0.4 is 16.4 Å². The number of carbonyl (C=O) groups excluding carboxylic acids is 5. The number of esters is 1. The molecule has 38 heavy (non-hydrogen) atoms. The fraction of sp³-hybridized carbons (Fsp3) is 0.593. The molecular weight excluding hydrogens is 492 g/mol. The van der Waals surface area contributed by atoms with Gasteiger partial charge in [-0.3, -0.25) is 19.2 Å². The number of hydrogen-bond acceptors (Lipinski definition) is 7. The van der Waals surface area contributed by atoms with Crippen molar-refractivity contribution in [1.29, 1.82) is 0 Å². The number of methoxy groups -OCH3 is 1. The summed E-state index contributed by atoms with van der Waals surface area (Å²) in [5.41, 5.74) is 6.65. The minimum atomic E-state index is -1.37. The van der Waals surface area contributed by atoms with Gasteiger partial charge in [-0.05, 0) is 57.7 Å². The minimum Gasteiger partial charge on any atom is -0.468 e. The monoisotopic (exact) mass is 534 g/mol. The zero-order chi connectivity index (χ0) is 29.0. The number of ether oxygens (including phenoxy) is 2. The van der Waals surface area contributed by atoms with E-state index >= 15 is 0 Å². The van der Waals surface area contributed by atoms with E-state index in [2.05, 4.69) is 15.4 Å². The molecule has 212 valence electrons. The van der Waals surface area contributed by atoms with Crippen molar-refractivity contribution in [3.8, 4) is 0 Å². The second-order valence-electron chi connectivity index (χ2n) is 10.1. The fourth-order valence-electron chi connectivity index (χ4n) is 3.97. The molecule has 0 radical (unpaired) electrons. The van der Waals surface area contributed by atoms with Crippen LogP contribution in [-0.2, 0) is 28.7 Å². The standard InChI is InChI=1S/C27H42N4O7/c1-8-9-10-14-31(25(35)19(15-20(28)32)30-26(36)38-27(4,5)6)23(24(34)29-16-21(33)37-7)22-17(2)12-11-13-18(22)3/h11-13,19,23H,8-10,14-16H2,1-7H3,(H2,28,32)(H,29,34)(H,30,36). The van der Waals surface area contributed by atoms with Crippen LogP contribution in [0.1, 0.15) is 76.1 Å². The summed E-state index contributed by atoms with van der Waals surface area (Å²) in [6.45, 7) is 10.4. The molecule has 0 aromatic heterocycles. The van der Waals surface area contributed by atoms with Gasteiger partial charge < -0.3 is 30.7 Å². The van der Waals surface area contributed by atoms with Crippen molar-refractivity contribution in [3.63, 3.8) is 0 Å². The third kappa shape index (κ3) is 10.4. The van der Waals surface area contributed by atoms with Crippen molar-refractivity contribution in [2.45, 2.75) is 84.9 Å². The molecular formula is C27H42N4O7. The molecule has 2 atom stereocenters. The average molecular weight is 535 g/mol. The van der Waals surface area contributed by atoms with Crippen LogP contribution in [0.2, 0.25) is 0 Å². The van der Waals surface area contributed by atoms with E-state index in [9.17, 15) is 24.0 Å². The van der Waals surface area contributed by atoms with Crippen LogP contribution in [-0.4, -0.2) is 66.5 Å². The van der Waals surface area contributed by atoms with E-state index in [0.717, 1.165) is 24.0 Å². The van der Waals surface area contributed by atoms with Crippen molar-refractivity contribution in [2.75, 3.05) is 20.2 Å². The van der Waals surface area contributed by atoms with E-state index in [0.29, 0.717) is 12.0 Å². The van der Waals surface area contributed by atoms with Crippen LogP contribution in [0.4, 0.5) is 4.79 Å². The molecule has 4 amide bonds. The highest BCUT2D eigenvalue weighted by molar-refractivity contribution is 5.95. The first-order valence-electron chi connectivity index (χ1n) is 12.7. The summed E-state index contributed by atoms with van der Waals surface area (Å²) in [6.07, 6.45) is 0.790. The summed E-state index contributed by atoms with van der Waals surface area (Å²) < 4.78 is 9.92. The van der Waals surface area contributed by atoms with Gasteiger partial charge in [-0.15, -0.1) is 0 Å². The maximum atomic E-state index is 14.0. The summed E-state index contributed by atoms with van der Waals surface area (Å²) in [4.78, 5) is 65.1. The van der Waals surface area contributed by atoms with E-state index in [-0.39, 0.29) is 6.54 Å². The molecule has 11 nitrogen and oxygen atoms in total. The highest BCUT2D eigenvalue weighted by atomic mass is 16.6. The molecule has 0 saturated carbocycles. The zero-order valence-electron chi connectivity index (χ0n) is 23.5.